The van der Waals surface area contributed by atoms with E-state index >= 15 is 0 Å². The van der Waals surface area contributed by atoms with E-state index in [-0.39, 0.29) is 95.0 Å². The standard InChI is InChI=1S/C82H107N7O19S2.CO2.3O3S/c1-6-83-74(93)55-60(54-70(91)66(52-56-26-12-11-13-27-56)85-73(92)35-15-10-8-7-9-14-30-61(90)41-44-65(78(97)98)87-80(101)84-47-25-36-75(94)95)77(96)86-67(79(99)100)53-57-37-42-62(43-38-57)108-76-58(39-45-71-81(2,3)63-31-16-18-33-68(63)88(71)48-20-22-50-109(102,103)104)28-24-29-59(76)40-46-72-82(4,5)64-32-17-19-34-69(64)89(72)49-21-23-51-110(105,106)107;2-1-3;3*1-4(2)3/h11-13,16-19,26-27,31-34,37-40,42-43,45-46,60,65-67H,6-10,14-15,20-25,28-30,35-36,41,44,47-55H2,1-5H3,(H9-,83,84,85,86,87,92,93,94,95,96,97,98,99,100,101,102,103,104,105,106,107);;;;/t60-,65-,66-,67-;;;;/m0..../s1. The maximum absolute atomic E-state index is 14.5. The van der Waals surface area contributed by atoms with Gasteiger partial charge in [0.15, 0.2) is 11.5 Å². The summed E-state index contributed by atoms with van der Waals surface area (Å²) in [4.78, 5) is 135. The number of carboxylic acid groups (broad SMARTS) is 3. The molecular weight excluding hydrogens is 1740 g/mol. The summed E-state index contributed by atoms with van der Waals surface area (Å²) in [5.41, 5.74) is 8.01. The first-order valence-electron chi connectivity index (χ1n) is 39.9. The topological polar surface area (TPSA) is 589 Å². The summed E-state index contributed by atoms with van der Waals surface area (Å²) in [6.45, 7) is 11.4. The van der Waals surface area contributed by atoms with Crippen LogP contribution in [0.15, 0.2) is 150 Å². The number of carbonyl (C=O) groups is 9. The highest BCUT2D eigenvalue weighted by Gasteiger charge is 2.45. The molecule has 37 nitrogen and oxygen atoms in total. The molecular formula is C83H107N7O30S5. The average molecular weight is 1840 g/mol. The van der Waals surface area contributed by atoms with Gasteiger partial charge in [0.2, 0.25) is 23.4 Å². The molecule has 3 aliphatic rings. The van der Waals surface area contributed by atoms with Crippen molar-refractivity contribution in [3.05, 3.63) is 172 Å². The number of unbranched alkanes of at least 4 members (excludes halogenated alkanes) is 7. The van der Waals surface area contributed by atoms with Crippen LogP contribution in [0.5, 0.6) is 5.75 Å². The number of hydrogen-bond acceptors (Lipinski definition) is 27. The summed E-state index contributed by atoms with van der Waals surface area (Å²) in [5.74, 6) is -7.42. The van der Waals surface area contributed by atoms with Crippen LogP contribution in [-0.2, 0) is 124 Å². The number of carboxylic acids is 3. The fraction of sp³-hybridized carbons (Fsp3) is 0.482. The third-order valence-corrected chi connectivity index (χ3v) is 21.7. The van der Waals surface area contributed by atoms with Crippen LogP contribution < -0.4 is 36.2 Å². The number of nitrogens with one attached hydrogen (secondary N) is 5. The molecule has 684 valence electrons. The molecule has 0 bridgehead atoms. The van der Waals surface area contributed by atoms with Crippen LogP contribution in [0.1, 0.15) is 192 Å². The van der Waals surface area contributed by atoms with E-state index in [9.17, 15) is 79.3 Å². The number of anilines is 1. The second-order valence-corrected chi connectivity index (χ2v) is 34.4. The van der Waals surface area contributed by atoms with Crippen molar-refractivity contribution in [3.63, 3.8) is 0 Å². The van der Waals surface area contributed by atoms with Crippen molar-refractivity contribution < 1.29 is 141 Å². The van der Waals surface area contributed by atoms with Crippen LogP contribution in [0.3, 0.4) is 0 Å². The number of ether oxygens (including phenoxy) is 1. The second-order valence-electron chi connectivity index (χ2n) is 30.1. The van der Waals surface area contributed by atoms with E-state index in [2.05, 4.69) is 100 Å². The van der Waals surface area contributed by atoms with E-state index in [0.29, 0.717) is 87.1 Å². The maximum atomic E-state index is 14.5. The zero-order valence-electron chi connectivity index (χ0n) is 69.8. The Balaban J connectivity index is 0.00000248. The van der Waals surface area contributed by atoms with E-state index in [4.69, 9.17) is 57.3 Å². The number of Topliss-reactive ketones (excluding diaryl/α,β-unsaturated/α-hetero) is 2. The number of fused-ring (bicyclic) bond motifs is 2. The molecule has 0 radical (unpaired) electrons. The molecule has 0 saturated carbocycles. The van der Waals surface area contributed by atoms with Gasteiger partial charge in [-0.1, -0.05) is 124 Å². The van der Waals surface area contributed by atoms with Crippen LogP contribution in [0.4, 0.5) is 16.2 Å². The average Bonchev–Trinajstić information content (AvgIpc) is 1.60. The van der Waals surface area contributed by atoms with Crippen molar-refractivity contribution in [2.75, 3.05) is 42.6 Å². The molecule has 4 aromatic rings. The Hall–Kier alpha value is -11.4. The van der Waals surface area contributed by atoms with Crippen molar-refractivity contribution in [1.82, 2.24) is 26.6 Å². The fourth-order valence-corrected chi connectivity index (χ4v) is 15.4. The number of rotatable bonds is 47. The van der Waals surface area contributed by atoms with Crippen LogP contribution in [0, 0.1) is 5.92 Å². The van der Waals surface area contributed by atoms with Gasteiger partial charge < -0.3 is 56.1 Å². The van der Waals surface area contributed by atoms with E-state index in [0.717, 1.165) is 64.3 Å². The Morgan fingerprint density at radius 1 is 0.584 bits per heavy atom. The lowest BCUT2D eigenvalue weighted by Crippen LogP contribution is -2.48. The van der Waals surface area contributed by atoms with Gasteiger partial charge >= 0.3 is 61.9 Å². The first-order chi connectivity index (χ1) is 58.8. The Morgan fingerprint density at radius 3 is 1.74 bits per heavy atom. The van der Waals surface area contributed by atoms with E-state index < -0.39 is 153 Å². The van der Waals surface area contributed by atoms with Crippen LogP contribution in [0.2, 0.25) is 0 Å². The SMILES string of the molecule is CCNC(=O)C[C@H](CC(=O)[C@H](Cc1ccccc1)NC(=O)CCCCCCCCC(=O)CC[C@H](NC(=O)NCCCC(=O)O)C(=O)O)C(=O)N[C@@H](Cc1ccc(OC2=C(C=CC3=[N+](CCCCS(=O)(=O)O)c4ccccc4C3(C)C)CCCC2=CC=C2N(CCCCS(=O)(=O)[O-])c3ccccc3C2(C)C)cc1)C(=O)O.O=C=O.O=S(=O)=O.O=S(=O)=O.O=S(=O)=O. The van der Waals surface area contributed by atoms with E-state index in [1.807, 2.05) is 36.4 Å². The van der Waals surface area contributed by atoms with E-state index in [1.165, 1.54) is 0 Å². The number of allylic oxidation sites excluding steroid dienone is 7. The highest BCUT2D eigenvalue weighted by atomic mass is 32.2. The monoisotopic (exact) mass is 1840 g/mol. The molecule has 2 heterocycles. The summed E-state index contributed by atoms with van der Waals surface area (Å²) >= 11 is 0. The summed E-state index contributed by atoms with van der Waals surface area (Å²) in [7, 11) is -17.9. The molecule has 125 heavy (non-hydrogen) atoms. The fourth-order valence-electron chi connectivity index (χ4n) is 14.3. The number of benzene rings is 4. The molecule has 4 aromatic carbocycles. The molecule has 0 fully saturated rings. The number of hydrogen-bond donors (Lipinski definition) is 9. The minimum absolute atomic E-state index is 0.0389. The maximum Gasteiger partial charge on any atom is 0.425 e. The normalized spacial score (nSPS) is 15.0. The van der Waals surface area contributed by atoms with Crippen LogP contribution in [-0.4, -0.2) is 205 Å². The molecule has 0 unspecified atom stereocenters. The van der Waals surface area contributed by atoms with Gasteiger partial charge in [-0.05, 0) is 150 Å². The summed E-state index contributed by atoms with van der Waals surface area (Å²) < 4.78 is 153. The molecule has 0 saturated heterocycles. The minimum atomic E-state index is -4.41. The van der Waals surface area contributed by atoms with Crippen LogP contribution >= 0.6 is 0 Å². The highest BCUT2D eigenvalue weighted by molar-refractivity contribution is 7.86. The molecule has 0 spiro atoms. The molecule has 42 heteroatoms. The third kappa shape index (κ3) is 41.3. The number of ketones is 2. The zero-order valence-corrected chi connectivity index (χ0v) is 73.9. The molecule has 7 rings (SSSR count). The summed E-state index contributed by atoms with van der Waals surface area (Å²) in [5, 5.41) is 41.9. The van der Waals surface area contributed by atoms with Gasteiger partial charge in [0.25, 0.3) is 10.1 Å². The molecule has 1 aliphatic carbocycles. The predicted molar refractivity (Wildman–Crippen MR) is 451 cm³/mol. The van der Waals surface area contributed by atoms with Gasteiger partial charge in [-0.3, -0.25) is 33.3 Å². The number of urea groups is 1. The zero-order chi connectivity index (χ0) is 93.6. The number of carbonyl (C=O) groups excluding carboxylic acids is 8. The van der Waals surface area contributed by atoms with Gasteiger partial charge in [0.1, 0.15) is 35.9 Å². The smallest absolute Gasteiger partial charge is 0.425 e. The molecule has 0 aromatic heterocycles. The summed E-state index contributed by atoms with van der Waals surface area (Å²) in [6.07, 6.45) is 14.7. The van der Waals surface area contributed by atoms with Crippen LogP contribution in [0.25, 0.3) is 0 Å². The van der Waals surface area contributed by atoms with E-state index in [1.54, 1.807) is 61.5 Å². The predicted octanol–water partition coefficient (Wildman–Crippen LogP) is 7.17. The van der Waals surface area contributed by atoms with Gasteiger partial charge in [0, 0.05) is 111 Å². The lowest BCUT2D eigenvalue weighted by atomic mass is 9.81. The van der Waals surface area contributed by atoms with Gasteiger partial charge in [-0.25, -0.2) is 22.8 Å². The van der Waals surface area contributed by atoms with Crippen molar-refractivity contribution in [2.45, 2.75) is 211 Å². The summed E-state index contributed by atoms with van der Waals surface area (Å²) in [6, 6.07) is 27.1. The minimum Gasteiger partial charge on any atom is -0.748 e. The number of aliphatic carboxylic acids is 3. The Morgan fingerprint density at radius 2 is 1.14 bits per heavy atom. The Labute approximate surface area is 729 Å². The number of para-hydroxylation sites is 2. The lowest BCUT2D eigenvalue weighted by molar-refractivity contribution is -0.438. The Kier molecular flexibility index (Phi) is 47.5. The lowest BCUT2D eigenvalue weighted by Gasteiger charge is -2.28. The molecule has 9 N–H and O–H groups in total. The van der Waals surface area contributed by atoms with Crippen molar-refractivity contribution in [3.8, 4) is 5.75 Å². The second kappa shape index (κ2) is 55.1. The van der Waals surface area contributed by atoms with Crippen molar-refractivity contribution >= 4 is 129 Å². The number of nitrogens with zero attached hydrogens (tertiary/aromatic N) is 2. The largest absolute Gasteiger partial charge is 0.748 e. The van der Waals surface area contributed by atoms with Gasteiger partial charge in [-0.15, -0.1) is 37.9 Å². The van der Waals surface area contributed by atoms with Gasteiger partial charge in [-0.2, -0.15) is 22.6 Å². The first kappa shape index (κ1) is 108. The molecule has 2 aliphatic heterocycles. The Bertz CT molecular complexity index is 5120. The van der Waals surface area contributed by atoms with Crippen molar-refractivity contribution in [2.24, 2.45) is 5.92 Å². The quantitative estimate of drug-likeness (QED) is 0.0120. The van der Waals surface area contributed by atoms with Crippen molar-refractivity contribution in [1.29, 1.82) is 0 Å². The number of amides is 5. The van der Waals surface area contributed by atoms with Gasteiger partial charge in [0.05, 0.1) is 33.2 Å². The highest BCUT2D eigenvalue weighted by Crippen LogP contribution is 2.48. The third-order valence-electron chi connectivity index (χ3n) is 20.1. The first-order valence-corrected chi connectivity index (χ1v) is 46.1. The molecule has 5 amide bonds. The molecule has 4 atom stereocenters.